The van der Waals surface area contributed by atoms with Crippen LogP contribution in [0.3, 0.4) is 0 Å². The number of rotatable bonds is 7. The van der Waals surface area contributed by atoms with Gasteiger partial charge >= 0.3 is 0 Å². The third kappa shape index (κ3) is 5.23. The van der Waals surface area contributed by atoms with Crippen LogP contribution in [-0.2, 0) is 0 Å². The van der Waals surface area contributed by atoms with Crippen LogP contribution in [0.2, 0.25) is 0 Å². The standard InChI is InChI=1S/C26H22N4O2/c31-25-13-3-1-9-21(25)23-11-5-7-19(29-23)17-27-15-16-28-18-20-8-6-12-24(30-20)22-10-2-4-14-26(22)32/h1-14,17-18,31-32H,15-16H2. The summed E-state index contributed by atoms with van der Waals surface area (Å²) in [7, 11) is 0. The summed E-state index contributed by atoms with van der Waals surface area (Å²) in [4.78, 5) is 17.9. The number of phenolic OH excluding ortho intramolecular Hbond substituents is 2. The van der Waals surface area contributed by atoms with E-state index in [0.717, 1.165) is 0 Å². The Labute approximate surface area is 186 Å². The molecule has 0 bridgehead atoms. The van der Waals surface area contributed by atoms with E-state index in [4.69, 9.17) is 0 Å². The molecule has 0 atom stereocenters. The number of benzene rings is 2. The summed E-state index contributed by atoms with van der Waals surface area (Å²) < 4.78 is 0. The number of para-hydroxylation sites is 2. The van der Waals surface area contributed by atoms with Crippen LogP contribution in [-0.4, -0.2) is 45.7 Å². The lowest BCUT2D eigenvalue weighted by Crippen LogP contribution is -1.95. The summed E-state index contributed by atoms with van der Waals surface area (Å²) in [6.07, 6.45) is 3.41. The lowest BCUT2D eigenvalue weighted by molar-refractivity contribution is 0.476. The van der Waals surface area contributed by atoms with Crippen molar-refractivity contribution in [1.82, 2.24) is 9.97 Å². The predicted molar refractivity (Wildman–Crippen MR) is 128 cm³/mol. The van der Waals surface area contributed by atoms with Gasteiger partial charge in [-0.05, 0) is 48.5 Å². The zero-order valence-electron chi connectivity index (χ0n) is 17.3. The fourth-order valence-corrected chi connectivity index (χ4v) is 3.16. The van der Waals surface area contributed by atoms with Gasteiger partial charge in [0.05, 0.1) is 35.9 Å². The highest BCUT2D eigenvalue weighted by molar-refractivity contribution is 5.80. The van der Waals surface area contributed by atoms with Crippen molar-refractivity contribution in [3.05, 3.63) is 96.3 Å². The zero-order chi connectivity index (χ0) is 22.2. The maximum Gasteiger partial charge on any atom is 0.124 e. The van der Waals surface area contributed by atoms with Gasteiger partial charge in [-0.2, -0.15) is 0 Å². The van der Waals surface area contributed by atoms with Crippen LogP contribution in [0.25, 0.3) is 22.5 Å². The fraction of sp³-hybridized carbons (Fsp3) is 0.0769. The smallest absolute Gasteiger partial charge is 0.124 e. The maximum atomic E-state index is 10.0. The van der Waals surface area contributed by atoms with Crippen LogP contribution in [0.4, 0.5) is 0 Å². The number of aromatic hydroxyl groups is 2. The average Bonchev–Trinajstić information content (AvgIpc) is 2.82. The molecule has 0 saturated heterocycles. The Morgan fingerprint density at radius 2 is 1.00 bits per heavy atom. The van der Waals surface area contributed by atoms with Gasteiger partial charge in [-0.25, -0.2) is 9.97 Å². The third-order valence-electron chi connectivity index (χ3n) is 4.71. The van der Waals surface area contributed by atoms with Crippen molar-refractivity contribution in [2.75, 3.05) is 13.1 Å². The quantitative estimate of drug-likeness (QED) is 0.332. The zero-order valence-corrected chi connectivity index (χ0v) is 17.3. The van der Waals surface area contributed by atoms with Crippen molar-refractivity contribution in [3.63, 3.8) is 0 Å². The predicted octanol–water partition coefficient (Wildman–Crippen LogP) is 4.76. The van der Waals surface area contributed by atoms with Crippen LogP contribution < -0.4 is 0 Å². The molecule has 0 aliphatic heterocycles. The fourth-order valence-electron chi connectivity index (χ4n) is 3.16. The molecule has 4 rings (SSSR count). The van der Waals surface area contributed by atoms with E-state index in [0.29, 0.717) is 47.0 Å². The molecule has 0 spiro atoms. The molecule has 0 radical (unpaired) electrons. The average molecular weight is 422 g/mol. The Morgan fingerprint density at radius 3 is 1.44 bits per heavy atom. The highest BCUT2D eigenvalue weighted by atomic mass is 16.3. The van der Waals surface area contributed by atoms with Gasteiger partial charge in [-0.3, -0.25) is 9.98 Å². The van der Waals surface area contributed by atoms with Gasteiger partial charge in [-0.15, -0.1) is 0 Å². The Bertz CT molecular complexity index is 1170. The molecule has 0 amide bonds. The monoisotopic (exact) mass is 422 g/mol. The topological polar surface area (TPSA) is 91.0 Å². The first-order chi connectivity index (χ1) is 15.7. The van der Waals surface area contributed by atoms with Gasteiger partial charge in [0.2, 0.25) is 0 Å². The van der Waals surface area contributed by atoms with Crippen LogP contribution in [0, 0.1) is 0 Å². The minimum atomic E-state index is 0.198. The molecule has 158 valence electrons. The molecule has 0 aliphatic rings. The summed E-state index contributed by atoms with van der Waals surface area (Å²) in [5.74, 6) is 0.396. The van der Waals surface area contributed by atoms with E-state index < -0.39 is 0 Å². The van der Waals surface area contributed by atoms with E-state index in [1.807, 2.05) is 60.7 Å². The molecule has 0 aliphatic carbocycles. The lowest BCUT2D eigenvalue weighted by atomic mass is 10.1. The number of aromatic nitrogens is 2. The lowest BCUT2D eigenvalue weighted by Gasteiger charge is -2.04. The summed E-state index contributed by atoms with van der Waals surface area (Å²) in [5, 5.41) is 20.0. The van der Waals surface area contributed by atoms with Crippen molar-refractivity contribution in [1.29, 1.82) is 0 Å². The summed E-state index contributed by atoms with van der Waals surface area (Å²) in [6, 6.07) is 25.4. The van der Waals surface area contributed by atoms with Gasteiger partial charge in [0.1, 0.15) is 11.5 Å². The molecule has 2 aromatic carbocycles. The number of aliphatic imine (C=N–C) groups is 2. The normalized spacial score (nSPS) is 11.4. The molecule has 0 fully saturated rings. The van der Waals surface area contributed by atoms with Gasteiger partial charge in [0.15, 0.2) is 0 Å². The van der Waals surface area contributed by atoms with Crippen molar-refractivity contribution in [3.8, 4) is 34.0 Å². The number of hydrogen-bond acceptors (Lipinski definition) is 6. The van der Waals surface area contributed by atoms with Gasteiger partial charge < -0.3 is 10.2 Å². The number of pyridine rings is 2. The Kier molecular flexibility index (Phi) is 6.63. The highest BCUT2D eigenvalue weighted by Gasteiger charge is 2.05. The second-order valence-electron chi connectivity index (χ2n) is 7.00. The summed E-state index contributed by atoms with van der Waals surface area (Å²) >= 11 is 0. The number of phenols is 2. The van der Waals surface area contributed by atoms with E-state index in [9.17, 15) is 10.2 Å². The largest absolute Gasteiger partial charge is 0.507 e. The second-order valence-corrected chi connectivity index (χ2v) is 7.00. The first kappa shape index (κ1) is 20.9. The molecule has 0 saturated carbocycles. The van der Waals surface area contributed by atoms with Crippen molar-refractivity contribution in [2.24, 2.45) is 9.98 Å². The van der Waals surface area contributed by atoms with Crippen LogP contribution in [0.5, 0.6) is 11.5 Å². The number of nitrogens with zero attached hydrogens (tertiary/aromatic N) is 4. The molecular formula is C26H22N4O2. The Balaban J connectivity index is 1.35. The van der Waals surface area contributed by atoms with E-state index in [-0.39, 0.29) is 11.5 Å². The number of hydrogen-bond donors (Lipinski definition) is 2. The van der Waals surface area contributed by atoms with E-state index in [1.165, 1.54) is 0 Å². The van der Waals surface area contributed by atoms with Crippen LogP contribution in [0.15, 0.2) is 94.9 Å². The molecule has 0 unspecified atom stereocenters. The Morgan fingerprint density at radius 1 is 0.562 bits per heavy atom. The molecule has 32 heavy (non-hydrogen) atoms. The first-order valence-electron chi connectivity index (χ1n) is 10.2. The van der Waals surface area contributed by atoms with Crippen LogP contribution in [0.1, 0.15) is 11.4 Å². The maximum absolute atomic E-state index is 10.0. The highest BCUT2D eigenvalue weighted by Crippen LogP contribution is 2.27. The second kappa shape index (κ2) is 10.1. The molecular weight excluding hydrogens is 400 g/mol. The molecule has 4 aromatic rings. The summed E-state index contributed by atoms with van der Waals surface area (Å²) in [5.41, 5.74) is 4.19. The van der Waals surface area contributed by atoms with E-state index >= 15 is 0 Å². The SMILES string of the molecule is Oc1ccccc1-c1cccc(C=NCCN=Cc2cccc(-c3ccccc3O)n2)n1. The molecule has 6 nitrogen and oxygen atoms in total. The Hall–Kier alpha value is -4.32. The van der Waals surface area contributed by atoms with Crippen molar-refractivity contribution < 1.29 is 10.2 Å². The minimum Gasteiger partial charge on any atom is -0.507 e. The molecule has 2 N–H and O–H groups in total. The third-order valence-corrected chi connectivity index (χ3v) is 4.71. The molecule has 6 heteroatoms. The van der Waals surface area contributed by atoms with Crippen LogP contribution >= 0.6 is 0 Å². The van der Waals surface area contributed by atoms with Crippen molar-refractivity contribution >= 4 is 12.4 Å². The van der Waals surface area contributed by atoms with Crippen molar-refractivity contribution in [2.45, 2.75) is 0 Å². The van der Waals surface area contributed by atoms with E-state index in [2.05, 4.69) is 20.0 Å². The molecule has 2 heterocycles. The van der Waals surface area contributed by atoms with E-state index in [1.54, 1.807) is 36.7 Å². The minimum absolute atomic E-state index is 0.198. The molecule has 2 aromatic heterocycles. The van der Waals surface area contributed by atoms with Gasteiger partial charge in [0, 0.05) is 23.6 Å². The first-order valence-corrected chi connectivity index (χ1v) is 10.2. The van der Waals surface area contributed by atoms with Gasteiger partial charge in [-0.1, -0.05) is 36.4 Å². The summed E-state index contributed by atoms with van der Waals surface area (Å²) in [6.45, 7) is 1.02. The van der Waals surface area contributed by atoms with Gasteiger partial charge in [0.25, 0.3) is 0 Å².